The molecule has 0 atom stereocenters. The van der Waals surface area contributed by atoms with Crippen LogP contribution in [-0.4, -0.2) is 14.6 Å². The van der Waals surface area contributed by atoms with Crippen molar-refractivity contribution in [3.63, 3.8) is 0 Å². The fourth-order valence-electron chi connectivity index (χ4n) is 3.60. The second kappa shape index (κ2) is 4.91. The van der Waals surface area contributed by atoms with Gasteiger partial charge in [-0.25, -0.2) is 0 Å². The zero-order valence-corrected chi connectivity index (χ0v) is 11.0. The number of hydrogen-bond acceptors (Lipinski definition) is 1. The van der Waals surface area contributed by atoms with Crippen molar-refractivity contribution in [3.05, 3.63) is 0 Å². The van der Waals surface area contributed by atoms with Crippen molar-refractivity contribution in [3.8, 4) is 5.97 Å². The molecule has 2 saturated heterocycles. The van der Waals surface area contributed by atoms with Gasteiger partial charge in [-0.05, 0) is 0 Å². The molecule has 2 fully saturated rings. The van der Waals surface area contributed by atoms with Crippen LogP contribution >= 0.6 is 0 Å². The molecule has 2 heterocycles. The average molecular weight is 183 g/mol. The molecule has 0 unspecified atom stereocenters. The Morgan fingerprint density at radius 2 is 1.92 bits per heavy atom. The van der Waals surface area contributed by atoms with Crippen molar-refractivity contribution in [2.75, 3.05) is 0 Å². The van der Waals surface area contributed by atoms with E-state index in [1.54, 1.807) is 0 Å². The van der Waals surface area contributed by atoms with E-state index in [1.165, 1.54) is 45.8 Å². The molecule has 2 rings (SSSR count). The summed E-state index contributed by atoms with van der Waals surface area (Å²) >= 11 is 0. The molecule has 0 aromatic heterocycles. The quantitative estimate of drug-likeness (QED) is 0.446. The van der Waals surface area contributed by atoms with E-state index >= 15 is 0 Å². The largest absolute Gasteiger partial charge is 1.00 e. The molecule has 0 radical (unpaired) electrons. The maximum atomic E-state index is 8.83. The normalized spacial score (nSPS) is 36.7. The van der Waals surface area contributed by atoms with Crippen molar-refractivity contribution in [1.82, 2.24) is 0 Å². The van der Waals surface area contributed by atoms with Crippen LogP contribution in [-0.2, 0) is 0 Å². The molecular weight excluding hydrogens is 167 g/mol. The van der Waals surface area contributed by atoms with Crippen molar-refractivity contribution in [2.24, 2.45) is 0 Å². The van der Waals surface area contributed by atoms with Gasteiger partial charge in [0.2, 0.25) is 0 Å². The minimum Gasteiger partial charge on any atom is -0.251 e. The summed E-state index contributed by atoms with van der Waals surface area (Å²) < 4.78 is 0. The first-order chi connectivity index (χ1) is 5.85. The molecule has 0 amide bonds. The number of fused-ring (bicyclic) bond motifs is 2. The maximum Gasteiger partial charge on any atom is 1.00 e. The summed E-state index contributed by atoms with van der Waals surface area (Å²) in [7, 11) is 1.13. The Hall–Kier alpha value is 0.620. The second-order valence-electron chi connectivity index (χ2n) is 5.14. The van der Waals surface area contributed by atoms with Gasteiger partial charge >= 0.3 is 29.6 Å². The molecule has 0 aliphatic carbocycles. The summed E-state index contributed by atoms with van der Waals surface area (Å²) in [5.41, 5.74) is 0. The Morgan fingerprint density at radius 1 is 1.31 bits per heavy atom. The molecule has 0 saturated carbocycles. The smallest absolute Gasteiger partial charge is 0.251 e. The monoisotopic (exact) mass is 183 g/mol. The molecule has 4 heteroatoms. The van der Waals surface area contributed by atoms with E-state index in [9.17, 15) is 0 Å². The van der Waals surface area contributed by atoms with E-state index in [1.807, 2.05) is 0 Å². The molecular formula is C9H16B2NNa. The predicted octanol–water partition coefficient (Wildman–Crippen LogP) is -1.65. The summed E-state index contributed by atoms with van der Waals surface area (Å²) in [6.07, 6.45) is 8.51. The molecule has 2 bridgehead atoms. The topological polar surface area (TPSA) is 23.8 Å². The first-order valence-electron chi connectivity index (χ1n) is 5.51. The standard InChI is InChI=1S/C9H16B2N.Na/c12-7-10-9-5-1-3-8(11-9)4-2-6-9;/h8,11H,1-6,10H2;/q-1;+1. The minimum atomic E-state index is -0.283. The molecule has 0 aromatic rings. The molecule has 2 aliphatic rings. The third-order valence-corrected chi connectivity index (χ3v) is 4.21. The number of nitrogens with zero attached hydrogens (tertiary/aromatic N) is 1. The third-order valence-electron chi connectivity index (χ3n) is 4.21. The summed E-state index contributed by atoms with van der Waals surface area (Å²) in [5.74, 6) is 3.51. The first-order valence-corrected chi connectivity index (χ1v) is 5.51. The van der Waals surface area contributed by atoms with Gasteiger partial charge in [0.1, 0.15) is 0 Å². The Morgan fingerprint density at radius 3 is 2.46 bits per heavy atom. The van der Waals surface area contributed by atoms with Gasteiger partial charge in [0, 0.05) is 0 Å². The second-order valence-corrected chi connectivity index (χ2v) is 5.14. The van der Waals surface area contributed by atoms with Gasteiger partial charge in [0.25, 0.3) is 0 Å². The van der Waals surface area contributed by atoms with Crippen LogP contribution in [0.2, 0.25) is 11.0 Å². The first kappa shape index (κ1) is 11.7. The van der Waals surface area contributed by atoms with Gasteiger partial charge in [-0.3, -0.25) is 5.26 Å². The van der Waals surface area contributed by atoms with E-state index in [2.05, 4.69) is 5.97 Å². The fraction of sp³-hybridized carbons (Fsp3) is 0.889. The number of nitriles is 1. The fourth-order valence-corrected chi connectivity index (χ4v) is 3.60. The molecule has 2 aliphatic heterocycles. The van der Waals surface area contributed by atoms with Crippen molar-refractivity contribution in [2.45, 2.75) is 49.6 Å². The van der Waals surface area contributed by atoms with E-state index < -0.39 is 0 Å². The van der Waals surface area contributed by atoms with Gasteiger partial charge in [0.15, 0.2) is 0 Å². The van der Waals surface area contributed by atoms with Crippen molar-refractivity contribution < 1.29 is 29.6 Å². The van der Waals surface area contributed by atoms with Crippen LogP contribution < -0.4 is 29.6 Å². The zero-order chi connectivity index (χ0) is 8.44. The van der Waals surface area contributed by atoms with Crippen LogP contribution in [0.1, 0.15) is 38.5 Å². The van der Waals surface area contributed by atoms with Gasteiger partial charge in [-0.15, -0.1) is 0 Å². The summed E-state index contributed by atoms with van der Waals surface area (Å²) in [4.78, 5) is 0. The molecule has 0 spiro atoms. The van der Waals surface area contributed by atoms with E-state index in [0.717, 1.165) is 5.82 Å². The van der Waals surface area contributed by atoms with Crippen LogP contribution in [0.4, 0.5) is 0 Å². The van der Waals surface area contributed by atoms with Gasteiger partial charge < -0.3 is 0 Å². The Kier molecular flexibility index (Phi) is 4.42. The van der Waals surface area contributed by atoms with Gasteiger partial charge in [-0.2, -0.15) is 11.2 Å². The van der Waals surface area contributed by atoms with Crippen LogP contribution in [0.15, 0.2) is 0 Å². The van der Waals surface area contributed by atoms with Crippen molar-refractivity contribution in [1.29, 1.82) is 5.26 Å². The van der Waals surface area contributed by atoms with Crippen LogP contribution in [0.5, 0.6) is 0 Å². The predicted molar refractivity (Wildman–Crippen MR) is 55.5 cm³/mol. The summed E-state index contributed by atoms with van der Waals surface area (Å²) in [6, 6.07) is 0. The molecule has 64 valence electrons. The van der Waals surface area contributed by atoms with Gasteiger partial charge in [-0.1, -0.05) is 44.3 Å². The molecule has 1 nitrogen and oxygen atoms in total. The van der Waals surface area contributed by atoms with Crippen molar-refractivity contribution >= 4 is 14.6 Å². The maximum absolute atomic E-state index is 8.83. The van der Waals surface area contributed by atoms with Crippen LogP contribution in [0.25, 0.3) is 0 Å². The Bertz CT molecular complexity index is 204. The number of hydrogen-bond donors (Lipinski definition) is 0. The molecule has 13 heavy (non-hydrogen) atoms. The van der Waals surface area contributed by atoms with Crippen LogP contribution in [0.3, 0.4) is 0 Å². The summed E-state index contributed by atoms with van der Waals surface area (Å²) in [5, 5.41) is 9.42. The summed E-state index contributed by atoms with van der Waals surface area (Å²) in [6.45, 7) is 0. The van der Waals surface area contributed by atoms with E-state index in [4.69, 9.17) is 5.26 Å². The Labute approximate surface area is 104 Å². The third kappa shape index (κ3) is 2.55. The van der Waals surface area contributed by atoms with E-state index in [0.29, 0.717) is 5.21 Å². The molecule has 0 N–H and O–H groups in total. The zero-order valence-electron chi connectivity index (χ0n) is 8.97. The number of rotatable bonds is 1. The van der Waals surface area contributed by atoms with E-state index in [-0.39, 0.29) is 36.8 Å². The van der Waals surface area contributed by atoms with Crippen LogP contribution in [0, 0.1) is 11.2 Å². The van der Waals surface area contributed by atoms with Gasteiger partial charge in [0.05, 0.1) is 14.6 Å². The SMILES string of the molecule is N#C[BH2-]C12BC(CCC1)CCC2.[Na+]. The minimum absolute atomic E-state index is 0. The molecule has 0 aromatic carbocycles. The average Bonchev–Trinajstić information content (AvgIpc) is 2.04. The Balaban J connectivity index is 0.000000845.